The third-order valence-electron chi connectivity index (χ3n) is 3.65. The number of nitrogens with zero attached hydrogens (tertiary/aromatic N) is 1. The number of pyridine rings is 1. The molecule has 0 bridgehead atoms. The number of nitrogens with one attached hydrogen (secondary N) is 1. The predicted molar refractivity (Wildman–Crippen MR) is 80.3 cm³/mol. The Kier molecular flexibility index (Phi) is 6.46. The predicted octanol–water partition coefficient (Wildman–Crippen LogP) is 3.64. The average Bonchev–Trinajstić information content (AvgIpc) is 2.41. The smallest absolute Gasteiger partial charge is 0.0846 e. The molecule has 0 saturated heterocycles. The second-order valence-electron chi connectivity index (χ2n) is 5.22. The third-order valence-corrected chi connectivity index (χ3v) is 3.65. The van der Waals surface area contributed by atoms with Gasteiger partial charge in [0.25, 0.3) is 0 Å². The maximum atomic E-state index is 6.03. The van der Waals surface area contributed by atoms with Crippen molar-refractivity contribution in [1.82, 2.24) is 10.3 Å². The van der Waals surface area contributed by atoms with Crippen molar-refractivity contribution in [2.24, 2.45) is 0 Å². The lowest BCUT2D eigenvalue weighted by Crippen LogP contribution is -2.44. The van der Waals surface area contributed by atoms with Crippen molar-refractivity contribution < 1.29 is 4.74 Å². The van der Waals surface area contributed by atoms with Crippen LogP contribution in [0.5, 0.6) is 0 Å². The summed E-state index contributed by atoms with van der Waals surface area (Å²) in [4.78, 5) is 4.42. The number of hydrogen-bond donors (Lipinski definition) is 1. The van der Waals surface area contributed by atoms with Crippen molar-refractivity contribution in [2.45, 2.75) is 59.1 Å². The minimum atomic E-state index is -0.194. The number of aromatic nitrogens is 1. The van der Waals surface area contributed by atoms with Gasteiger partial charge in [0.15, 0.2) is 0 Å². The monoisotopic (exact) mass is 264 g/mol. The van der Waals surface area contributed by atoms with E-state index in [0.29, 0.717) is 0 Å². The van der Waals surface area contributed by atoms with Crippen molar-refractivity contribution in [3.8, 4) is 0 Å². The van der Waals surface area contributed by atoms with Crippen LogP contribution in [0.3, 0.4) is 0 Å². The molecule has 1 N–H and O–H groups in total. The van der Waals surface area contributed by atoms with Gasteiger partial charge in [0, 0.05) is 18.5 Å². The summed E-state index contributed by atoms with van der Waals surface area (Å²) >= 11 is 0. The first kappa shape index (κ1) is 16.1. The van der Waals surface area contributed by atoms with Gasteiger partial charge in [-0.15, -0.1) is 0 Å². The average molecular weight is 264 g/mol. The molecule has 0 radical (unpaired) electrons. The van der Waals surface area contributed by atoms with Gasteiger partial charge >= 0.3 is 0 Å². The Hall–Kier alpha value is -0.930. The Morgan fingerprint density at radius 2 is 2.05 bits per heavy atom. The first-order chi connectivity index (χ1) is 9.07. The zero-order valence-corrected chi connectivity index (χ0v) is 13.0. The van der Waals surface area contributed by atoms with E-state index in [2.05, 4.69) is 50.1 Å². The second-order valence-corrected chi connectivity index (χ2v) is 5.22. The molecule has 0 aliphatic heterocycles. The molecule has 0 spiro atoms. The second kappa shape index (κ2) is 7.61. The van der Waals surface area contributed by atoms with E-state index in [-0.39, 0.29) is 11.6 Å². The summed E-state index contributed by atoms with van der Waals surface area (Å²) in [5, 5.41) is 3.62. The van der Waals surface area contributed by atoms with Crippen LogP contribution in [-0.4, -0.2) is 23.7 Å². The molecule has 0 amide bonds. The van der Waals surface area contributed by atoms with Gasteiger partial charge in [-0.1, -0.05) is 19.9 Å². The molecule has 108 valence electrons. The molecule has 1 heterocycles. The topological polar surface area (TPSA) is 34.2 Å². The van der Waals surface area contributed by atoms with Gasteiger partial charge in [-0.25, -0.2) is 0 Å². The van der Waals surface area contributed by atoms with E-state index in [1.807, 2.05) is 13.1 Å². The Labute approximate surface area is 117 Å². The number of hydrogen-bond acceptors (Lipinski definition) is 3. The van der Waals surface area contributed by atoms with Crippen molar-refractivity contribution in [1.29, 1.82) is 0 Å². The molecule has 0 saturated carbocycles. The lowest BCUT2D eigenvalue weighted by Gasteiger charge is -2.37. The van der Waals surface area contributed by atoms with Crippen LogP contribution < -0.4 is 5.32 Å². The summed E-state index contributed by atoms with van der Waals surface area (Å²) in [6.45, 7) is 12.3. The van der Waals surface area contributed by atoms with Gasteiger partial charge in [-0.05, 0) is 51.8 Å². The standard InChI is InChI=1S/C16H28N2O/c1-6-11-17-15(16(5,7-2)19-8-3)14-10-9-13(4)18-12-14/h9-10,12,15,17H,6-8,11H2,1-5H3. The first-order valence-corrected chi connectivity index (χ1v) is 7.37. The fourth-order valence-corrected chi connectivity index (χ4v) is 2.34. The normalized spacial score (nSPS) is 16.1. The van der Waals surface area contributed by atoms with E-state index >= 15 is 0 Å². The summed E-state index contributed by atoms with van der Waals surface area (Å²) in [7, 11) is 0. The molecule has 0 aromatic carbocycles. The molecule has 2 unspecified atom stereocenters. The van der Waals surface area contributed by atoms with Gasteiger partial charge < -0.3 is 10.1 Å². The highest BCUT2D eigenvalue weighted by molar-refractivity contribution is 5.20. The SMILES string of the molecule is CCCNC(c1ccc(C)nc1)C(C)(CC)OCC. The van der Waals surface area contributed by atoms with Crippen LogP contribution in [0.1, 0.15) is 57.8 Å². The number of rotatable bonds is 8. The highest BCUT2D eigenvalue weighted by atomic mass is 16.5. The molecule has 0 aliphatic carbocycles. The largest absolute Gasteiger partial charge is 0.374 e. The zero-order valence-electron chi connectivity index (χ0n) is 13.0. The maximum absolute atomic E-state index is 6.03. The summed E-state index contributed by atoms with van der Waals surface area (Å²) < 4.78 is 6.03. The summed E-state index contributed by atoms with van der Waals surface area (Å²) in [6.07, 6.45) is 4.05. The van der Waals surface area contributed by atoms with Crippen molar-refractivity contribution >= 4 is 0 Å². The highest BCUT2D eigenvalue weighted by Crippen LogP contribution is 2.32. The molecule has 19 heavy (non-hydrogen) atoms. The molecule has 3 heteroatoms. The van der Waals surface area contributed by atoms with Gasteiger partial charge in [0.05, 0.1) is 11.6 Å². The third kappa shape index (κ3) is 4.29. The quantitative estimate of drug-likeness (QED) is 0.778. The maximum Gasteiger partial charge on any atom is 0.0846 e. The van der Waals surface area contributed by atoms with Crippen LogP contribution in [0.15, 0.2) is 18.3 Å². The van der Waals surface area contributed by atoms with E-state index in [0.717, 1.165) is 31.7 Å². The fraction of sp³-hybridized carbons (Fsp3) is 0.688. The van der Waals surface area contributed by atoms with Crippen LogP contribution in [-0.2, 0) is 4.74 Å². The van der Waals surface area contributed by atoms with E-state index in [1.54, 1.807) is 0 Å². The van der Waals surface area contributed by atoms with Gasteiger partial charge in [-0.3, -0.25) is 4.98 Å². The van der Waals surface area contributed by atoms with E-state index in [4.69, 9.17) is 4.74 Å². The highest BCUT2D eigenvalue weighted by Gasteiger charge is 2.34. The van der Waals surface area contributed by atoms with E-state index in [9.17, 15) is 0 Å². The molecule has 2 atom stereocenters. The molecule has 0 fully saturated rings. The Balaban J connectivity index is 3.01. The minimum Gasteiger partial charge on any atom is -0.374 e. The fourth-order valence-electron chi connectivity index (χ4n) is 2.34. The minimum absolute atomic E-state index is 0.186. The van der Waals surface area contributed by atoms with Crippen LogP contribution in [0.4, 0.5) is 0 Å². The molecule has 1 aromatic rings. The molecular formula is C16H28N2O. The van der Waals surface area contributed by atoms with E-state index < -0.39 is 0 Å². The van der Waals surface area contributed by atoms with Crippen LogP contribution in [0.25, 0.3) is 0 Å². The molecule has 1 rings (SSSR count). The van der Waals surface area contributed by atoms with E-state index in [1.165, 1.54) is 5.56 Å². The Morgan fingerprint density at radius 3 is 2.53 bits per heavy atom. The van der Waals surface area contributed by atoms with Crippen molar-refractivity contribution in [3.63, 3.8) is 0 Å². The van der Waals surface area contributed by atoms with Crippen LogP contribution in [0, 0.1) is 6.92 Å². The van der Waals surface area contributed by atoms with Crippen molar-refractivity contribution in [3.05, 3.63) is 29.6 Å². The number of aryl methyl sites for hydroxylation is 1. The van der Waals surface area contributed by atoms with Gasteiger partial charge in [-0.2, -0.15) is 0 Å². The van der Waals surface area contributed by atoms with Gasteiger partial charge in [0.1, 0.15) is 0 Å². The summed E-state index contributed by atoms with van der Waals surface area (Å²) in [5.41, 5.74) is 2.06. The molecule has 3 nitrogen and oxygen atoms in total. The molecule has 0 aliphatic rings. The summed E-state index contributed by atoms with van der Waals surface area (Å²) in [6, 6.07) is 4.41. The zero-order chi connectivity index (χ0) is 14.3. The number of ether oxygens (including phenoxy) is 1. The van der Waals surface area contributed by atoms with Crippen molar-refractivity contribution in [2.75, 3.05) is 13.2 Å². The van der Waals surface area contributed by atoms with Gasteiger partial charge in [0.2, 0.25) is 0 Å². The molecular weight excluding hydrogens is 236 g/mol. The summed E-state index contributed by atoms with van der Waals surface area (Å²) in [5.74, 6) is 0. The van der Waals surface area contributed by atoms with Crippen LogP contribution >= 0.6 is 0 Å². The first-order valence-electron chi connectivity index (χ1n) is 7.37. The Morgan fingerprint density at radius 1 is 1.32 bits per heavy atom. The Bertz CT molecular complexity index is 364. The lowest BCUT2D eigenvalue weighted by molar-refractivity contribution is -0.0563. The lowest BCUT2D eigenvalue weighted by atomic mass is 9.88. The molecule has 1 aromatic heterocycles. The van der Waals surface area contributed by atoms with Crippen LogP contribution in [0.2, 0.25) is 0 Å².